The molecule has 60 heavy (non-hydrogen) atoms. The van der Waals surface area contributed by atoms with Gasteiger partial charge in [0.05, 0.1) is 17.6 Å². The van der Waals surface area contributed by atoms with Gasteiger partial charge in [0.25, 0.3) is 11.8 Å². The van der Waals surface area contributed by atoms with Gasteiger partial charge in [-0.05, 0) is 80.7 Å². The number of amides is 4. The third-order valence-corrected chi connectivity index (χ3v) is 12.3. The quantitative estimate of drug-likeness (QED) is 0.110. The number of alkyl halides is 2. The third kappa shape index (κ3) is 7.52. The lowest BCUT2D eigenvalue weighted by Crippen LogP contribution is -2.62. The van der Waals surface area contributed by atoms with E-state index in [0.717, 1.165) is 50.4 Å². The van der Waals surface area contributed by atoms with Gasteiger partial charge in [-0.3, -0.25) is 29.8 Å². The number of carbonyl (C=O) groups excluding carboxylic acids is 3. The van der Waals surface area contributed by atoms with Crippen molar-refractivity contribution >= 4 is 23.5 Å². The lowest BCUT2D eigenvalue weighted by Gasteiger charge is -2.61. The first-order chi connectivity index (χ1) is 28.4. The van der Waals surface area contributed by atoms with Crippen LogP contribution in [0.4, 0.5) is 28.0 Å². The fraction of sp³-hybridized carbons (Fsp3) is 0.429. The van der Waals surface area contributed by atoms with Crippen molar-refractivity contribution in [2.45, 2.75) is 90.1 Å². The smallest absolute Gasteiger partial charge is 0.328 e. The van der Waals surface area contributed by atoms with Gasteiger partial charge in [0, 0.05) is 68.1 Å². The number of benzene rings is 2. The molecule has 8 rings (SSSR count). The van der Waals surface area contributed by atoms with Gasteiger partial charge >= 0.3 is 6.03 Å². The molecule has 3 N–H and O–H groups in total. The summed E-state index contributed by atoms with van der Waals surface area (Å²) in [6, 6.07) is 11.0. The van der Waals surface area contributed by atoms with Crippen molar-refractivity contribution in [1.29, 1.82) is 0 Å². The first-order valence-electron chi connectivity index (χ1n) is 19.8. The molecule has 2 saturated heterocycles. The predicted octanol–water partition coefficient (Wildman–Crippen LogP) is 7.14. The maximum absolute atomic E-state index is 15.8. The van der Waals surface area contributed by atoms with E-state index in [1.807, 2.05) is 12.1 Å². The maximum atomic E-state index is 15.8. The van der Waals surface area contributed by atoms with Crippen LogP contribution in [0.15, 0.2) is 53.2 Å². The summed E-state index contributed by atoms with van der Waals surface area (Å²) in [5, 5.41) is 15.2. The monoisotopic (exact) mass is 828 g/mol. The Bertz CT molecular complexity index is 2480. The molecule has 1 spiro atoms. The van der Waals surface area contributed by atoms with E-state index in [0.29, 0.717) is 16.8 Å². The van der Waals surface area contributed by atoms with Gasteiger partial charge in [-0.2, -0.15) is 5.10 Å². The second kappa shape index (κ2) is 15.2. The summed E-state index contributed by atoms with van der Waals surface area (Å²) in [7, 11) is 0. The Labute approximate surface area is 342 Å². The summed E-state index contributed by atoms with van der Waals surface area (Å²) in [6.45, 7) is 8.98. The van der Waals surface area contributed by atoms with E-state index in [9.17, 15) is 23.2 Å². The molecule has 4 amide bonds. The average Bonchev–Trinajstić information content (AvgIpc) is 3.86. The van der Waals surface area contributed by atoms with Crippen LogP contribution in [0.3, 0.4) is 0 Å². The molecule has 0 radical (unpaired) electrons. The minimum absolute atomic E-state index is 0.0188. The number of carbonyl (C=O) groups is 3. The van der Waals surface area contributed by atoms with Crippen LogP contribution in [-0.4, -0.2) is 78.6 Å². The molecule has 0 bridgehead atoms. The number of imide groups is 1. The molecule has 14 nitrogen and oxygen atoms in total. The number of nitrogens with zero attached hydrogens (tertiary/aromatic N) is 7. The first-order valence-corrected chi connectivity index (χ1v) is 19.8. The lowest BCUT2D eigenvalue weighted by atomic mass is 9.55. The molecule has 3 aliphatic rings. The number of H-pyrrole nitrogens is 1. The van der Waals surface area contributed by atoms with Crippen molar-refractivity contribution in [3.63, 3.8) is 0 Å². The van der Waals surface area contributed by atoms with Gasteiger partial charge in [0.2, 0.25) is 11.7 Å². The van der Waals surface area contributed by atoms with E-state index in [4.69, 9.17) is 4.52 Å². The van der Waals surface area contributed by atoms with E-state index in [1.165, 1.54) is 37.1 Å². The minimum atomic E-state index is -3.07. The number of rotatable bonds is 12. The molecule has 1 atom stereocenters. The summed E-state index contributed by atoms with van der Waals surface area (Å²) in [4.78, 5) is 53.1. The zero-order valence-electron chi connectivity index (χ0n) is 33.7. The first kappa shape index (κ1) is 40.7. The minimum Gasteiger partial charge on any atom is -0.350 e. The van der Waals surface area contributed by atoms with Crippen molar-refractivity contribution < 1.29 is 36.5 Å². The van der Waals surface area contributed by atoms with E-state index in [1.54, 1.807) is 25.1 Å². The van der Waals surface area contributed by atoms with E-state index in [2.05, 4.69) is 52.8 Å². The van der Waals surface area contributed by atoms with Crippen LogP contribution in [-0.2, 0) is 16.8 Å². The zero-order chi connectivity index (χ0) is 42.7. The van der Waals surface area contributed by atoms with Crippen LogP contribution in [0.2, 0.25) is 0 Å². The van der Waals surface area contributed by atoms with E-state index in [-0.39, 0.29) is 77.4 Å². The Morgan fingerprint density at radius 3 is 2.47 bits per heavy atom. The third-order valence-electron chi connectivity index (χ3n) is 12.3. The number of nitrogens with one attached hydrogen (secondary N) is 3. The van der Waals surface area contributed by atoms with E-state index >= 15 is 8.78 Å². The second-order valence-corrected chi connectivity index (χ2v) is 16.7. The predicted molar refractivity (Wildman–Crippen MR) is 210 cm³/mol. The number of aromatic amines is 1. The molecule has 1 unspecified atom stereocenters. The highest BCUT2D eigenvalue weighted by Gasteiger charge is 2.54. The number of hydrogen-bond acceptors (Lipinski definition) is 10. The Kier molecular flexibility index (Phi) is 10.3. The van der Waals surface area contributed by atoms with Crippen molar-refractivity contribution in [2.75, 3.05) is 24.5 Å². The van der Waals surface area contributed by atoms with Gasteiger partial charge in [-0.15, -0.1) is 0 Å². The average molecular weight is 829 g/mol. The SMILES string of the molecule is CCC(c1ccc(-c2cnc(-c3cc(C(=O)NCc4nc(C(C)(C)C(C)(F)F)n[nH]4)on3)nc2C)c(F)c1)N1CC2(CC(c3ccc(N4CCC(=O)NC4=O)c(F)c3)C2)C1. The largest absolute Gasteiger partial charge is 0.350 e. The fourth-order valence-electron chi connectivity index (χ4n) is 8.41. The van der Waals surface area contributed by atoms with Gasteiger partial charge in [0.1, 0.15) is 17.5 Å². The summed E-state index contributed by atoms with van der Waals surface area (Å²) < 4.78 is 64.2. The summed E-state index contributed by atoms with van der Waals surface area (Å²) in [5.74, 6) is -4.64. The molecule has 3 aromatic heterocycles. The molecule has 3 fully saturated rings. The molecule has 1 saturated carbocycles. The van der Waals surface area contributed by atoms with Crippen molar-refractivity contribution in [2.24, 2.45) is 5.41 Å². The Hall–Kier alpha value is -6.04. The molecule has 2 aromatic carbocycles. The van der Waals surface area contributed by atoms with Crippen LogP contribution in [0.1, 0.15) is 104 Å². The summed E-state index contributed by atoms with van der Waals surface area (Å²) in [6.07, 6.45) is 4.24. The van der Waals surface area contributed by atoms with Crippen LogP contribution >= 0.6 is 0 Å². The molecular weight excluding hydrogens is 785 g/mol. The molecule has 18 heteroatoms. The maximum Gasteiger partial charge on any atom is 0.328 e. The number of aromatic nitrogens is 6. The molecule has 314 valence electrons. The number of halogens is 4. The summed E-state index contributed by atoms with van der Waals surface area (Å²) in [5.41, 5.74) is 1.93. The Morgan fingerprint density at radius 1 is 1.03 bits per heavy atom. The van der Waals surface area contributed by atoms with Crippen molar-refractivity contribution in [3.05, 3.63) is 94.5 Å². The molecule has 1 aliphatic carbocycles. The normalized spacial score (nSPS) is 17.6. The van der Waals surface area contributed by atoms with Crippen LogP contribution < -0.4 is 15.5 Å². The molecule has 5 heterocycles. The van der Waals surface area contributed by atoms with Crippen LogP contribution in [0, 0.1) is 24.0 Å². The zero-order valence-corrected chi connectivity index (χ0v) is 33.7. The van der Waals surface area contributed by atoms with Crippen LogP contribution in [0.25, 0.3) is 22.6 Å². The van der Waals surface area contributed by atoms with Gasteiger partial charge in [-0.1, -0.05) is 30.3 Å². The Morgan fingerprint density at radius 2 is 1.80 bits per heavy atom. The van der Waals surface area contributed by atoms with Gasteiger partial charge in [-0.25, -0.2) is 37.3 Å². The fourth-order valence-corrected chi connectivity index (χ4v) is 8.41. The number of urea groups is 1. The van der Waals surface area contributed by atoms with Crippen molar-refractivity contribution in [1.82, 2.24) is 45.8 Å². The number of likely N-dealkylation sites (tertiary alicyclic amines) is 1. The van der Waals surface area contributed by atoms with Crippen LogP contribution in [0.5, 0.6) is 0 Å². The second-order valence-electron chi connectivity index (χ2n) is 16.7. The standard InChI is InChI=1S/C42H44F4N10O4/c1-6-31(55-20-42(21-55)16-25(17-42)23-8-10-32(29(44)13-23)56-12-11-35(57)51-39(56)59)24-7-9-26(28(43)14-24)27-18-47-36(49-22(27)2)30-15-33(60-54-30)37(58)48-19-34-50-38(53-52-34)40(3,4)41(5,45)46/h7-10,13-15,18,25,31H,6,11-12,16-17,19-21H2,1-5H3,(H,48,58)(H,50,52,53)(H,51,57,59). The van der Waals surface area contributed by atoms with Gasteiger partial charge < -0.3 is 9.84 Å². The number of hydrogen-bond donors (Lipinski definition) is 3. The molecule has 2 aliphatic heterocycles. The highest BCUT2D eigenvalue weighted by atomic mass is 19.3. The lowest BCUT2D eigenvalue weighted by molar-refractivity contribution is -0.120. The molecular formula is C42H44F4N10O4. The number of anilines is 1. The highest BCUT2D eigenvalue weighted by molar-refractivity contribution is 6.05. The highest BCUT2D eigenvalue weighted by Crippen LogP contribution is 2.58. The summed E-state index contributed by atoms with van der Waals surface area (Å²) >= 11 is 0. The molecule has 5 aromatic rings. The number of aryl methyl sites for hydroxylation is 1. The van der Waals surface area contributed by atoms with E-state index < -0.39 is 34.9 Å². The van der Waals surface area contributed by atoms with Gasteiger partial charge in [0.15, 0.2) is 17.3 Å². The van der Waals surface area contributed by atoms with Crippen molar-refractivity contribution in [3.8, 4) is 22.6 Å². The topological polar surface area (TPSA) is 175 Å². The Balaban J connectivity index is 0.861.